The zero-order chi connectivity index (χ0) is 33.8. The minimum Gasteiger partial charge on any atom is -0.318 e. The highest BCUT2D eigenvalue weighted by atomic mass is 15.0. The van der Waals surface area contributed by atoms with E-state index in [2.05, 4.69) is 98.9 Å². The van der Waals surface area contributed by atoms with Crippen LogP contribution in [-0.2, 0) is 0 Å². The molecule has 0 atom stereocenters. The van der Waals surface area contributed by atoms with Crippen molar-refractivity contribution >= 4 is 49.3 Å². The zero-order valence-corrected chi connectivity index (χ0v) is 26.7. The van der Waals surface area contributed by atoms with Gasteiger partial charge < -0.3 is 9.13 Å². The molecule has 0 aliphatic rings. The summed E-state index contributed by atoms with van der Waals surface area (Å²) in [6.07, 6.45) is 0. The maximum atomic E-state index is 10.5. The number of hydrogen-bond acceptors (Lipinski definition) is 2. The first-order chi connectivity index (χ1) is 24.7. The van der Waals surface area contributed by atoms with E-state index < -0.39 is 0 Å². The van der Waals surface area contributed by atoms with Crippen LogP contribution >= 0.6 is 0 Å². The van der Waals surface area contributed by atoms with Gasteiger partial charge in [0.05, 0.1) is 57.2 Å². The van der Waals surface area contributed by atoms with Gasteiger partial charge in [0, 0.05) is 21.7 Å². The average molecular weight is 636 g/mol. The van der Waals surface area contributed by atoms with E-state index in [4.69, 9.17) is 6.57 Å². The van der Waals surface area contributed by atoms with Crippen molar-refractivity contribution in [3.63, 3.8) is 0 Å². The first kappa shape index (κ1) is 28.8. The summed E-state index contributed by atoms with van der Waals surface area (Å²) in [5.74, 6) is 0. The molecular formula is C45H25N5. The molecule has 0 unspecified atom stereocenters. The van der Waals surface area contributed by atoms with Crippen molar-refractivity contribution in [2.75, 3.05) is 0 Å². The summed E-state index contributed by atoms with van der Waals surface area (Å²) in [5, 5.41) is 24.3. The van der Waals surface area contributed by atoms with Crippen LogP contribution in [-0.4, -0.2) is 9.13 Å². The van der Waals surface area contributed by atoms with Crippen molar-refractivity contribution in [1.82, 2.24) is 9.13 Å². The van der Waals surface area contributed by atoms with E-state index in [1.54, 1.807) is 0 Å². The number of aromatic nitrogens is 2. The van der Waals surface area contributed by atoms with Gasteiger partial charge in [-0.2, -0.15) is 10.5 Å². The van der Waals surface area contributed by atoms with Gasteiger partial charge in [0.1, 0.15) is 6.07 Å². The van der Waals surface area contributed by atoms with Crippen LogP contribution in [0.3, 0.4) is 0 Å². The molecule has 0 saturated heterocycles. The molecule has 2 heterocycles. The fourth-order valence-electron chi connectivity index (χ4n) is 7.42. The third-order valence-electron chi connectivity index (χ3n) is 9.61. The van der Waals surface area contributed by atoms with E-state index in [1.165, 1.54) is 0 Å². The number of benzene rings is 7. The first-order valence-corrected chi connectivity index (χ1v) is 16.3. The molecule has 2 aromatic heterocycles. The highest BCUT2D eigenvalue weighted by molar-refractivity contribution is 6.13. The van der Waals surface area contributed by atoms with Gasteiger partial charge in [-0.15, -0.1) is 0 Å². The van der Waals surface area contributed by atoms with E-state index in [0.717, 1.165) is 77.2 Å². The molecule has 5 heteroatoms. The lowest BCUT2D eigenvalue weighted by molar-refractivity contribution is 1.17. The minimum atomic E-state index is 0.526. The van der Waals surface area contributed by atoms with Gasteiger partial charge >= 0.3 is 0 Å². The Balaban J connectivity index is 1.20. The Morgan fingerprint density at radius 1 is 0.480 bits per heavy atom. The van der Waals surface area contributed by atoms with Gasteiger partial charge in [-0.05, 0) is 76.7 Å². The molecule has 0 saturated carbocycles. The second-order valence-electron chi connectivity index (χ2n) is 12.3. The van der Waals surface area contributed by atoms with Gasteiger partial charge in [0.15, 0.2) is 0 Å². The molecule has 0 amide bonds. The lowest BCUT2D eigenvalue weighted by atomic mass is 9.96. The van der Waals surface area contributed by atoms with E-state index in [1.807, 2.05) is 78.9 Å². The predicted octanol–water partition coefficient (Wildman–Crippen LogP) is 11.5. The summed E-state index contributed by atoms with van der Waals surface area (Å²) in [7, 11) is 0. The number of rotatable bonds is 4. The van der Waals surface area contributed by atoms with Gasteiger partial charge in [-0.25, -0.2) is 4.85 Å². The highest BCUT2D eigenvalue weighted by Crippen LogP contribution is 2.40. The van der Waals surface area contributed by atoms with Gasteiger partial charge in [0.25, 0.3) is 0 Å². The summed E-state index contributed by atoms with van der Waals surface area (Å²) < 4.78 is 4.33. The molecule has 230 valence electrons. The summed E-state index contributed by atoms with van der Waals surface area (Å²) in [4.78, 5) is 3.84. The van der Waals surface area contributed by atoms with Crippen molar-refractivity contribution in [3.8, 4) is 45.8 Å². The lowest BCUT2D eigenvalue weighted by Gasteiger charge is -2.15. The van der Waals surface area contributed by atoms with Gasteiger partial charge in [-0.3, -0.25) is 0 Å². The Bertz CT molecular complexity index is 2970. The van der Waals surface area contributed by atoms with Gasteiger partial charge in [-0.1, -0.05) is 97.1 Å². The molecule has 50 heavy (non-hydrogen) atoms. The molecule has 0 N–H and O–H groups in total. The Morgan fingerprint density at radius 2 is 1.14 bits per heavy atom. The molecule has 7 aromatic carbocycles. The van der Waals surface area contributed by atoms with Crippen LogP contribution in [0, 0.1) is 29.2 Å². The fraction of sp³-hybridized carbons (Fsp3) is 0. The molecule has 9 aromatic rings. The largest absolute Gasteiger partial charge is 0.318 e. The van der Waals surface area contributed by atoms with E-state index in [0.29, 0.717) is 16.8 Å². The van der Waals surface area contributed by atoms with Crippen LogP contribution in [0.25, 0.3) is 82.1 Å². The Hall–Kier alpha value is -7.39. The summed E-state index contributed by atoms with van der Waals surface area (Å²) in [5.41, 5.74) is 11.4. The minimum absolute atomic E-state index is 0.526. The van der Waals surface area contributed by atoms with E-state index in [9.17, 15) is 10.5 Å². The molecule has 0 spiro atoms. The number of para-hydroxylation sites is 4. The Morgan fingerprint density at radius 3 is 1.94 bits per heavy atom. The second kappa shape index (κ2) is 11.4. The first-order valence-electron chi connectivity index (χ1n) is 16.3. The van der Waals surface area contributed by atoms with E-state index >= 15 is 0 Å². The Labute approximate surface area is 288 Å². The van der Waals surface area contributed by atoms with Crippen molar-refractivity contribution < 1.29 is 0 Å². The van der Waals surface area contributed by atoms with Crippen LogP contribution < -0.4 is 0 Å². The third kappa shape index (κ3) is 4.31. The van der Waals surface area contributed by atoms with Gasteiger partial charge in [0.2, 0.25) is 5.69 Å². The van der Waals surface area contributed by atoms with Crippen molar-refractivity contribution in [2.45, 2.75) is 0 Å². The van der Waals surface area contributed by atoms with Crippen LogP contribution in [0.15, 0.2) is 152 Å². The van der Waals surface area contributed by atoms with Crippen molar-refractivity contribution in [1.29, 1.82) is 10.5 Å². The molecule has 9 rings (SSSR count). The highest BCUT2D eigenvalue weighted by Gasteiger charge is 2.19. The maximum absolute atomic E-state index is 10.5. The van der Waals surface area contributed by atoms with E-state index in [-0.39, 0.29) is 0 Å². The molecule has 0 radical (unpaired) electrons. The molecule has 0 aliphatic heterocycles. The monoisotopic (exact) mass is 635 g/mol. The SMILES string of the molecule is [C-]#[N+]c1cccc2c3ccccc3n(-c3ccc(-c4cccc(-c5ccccc5-n5c6ccccc6c6cc(C#N)ccc65)c4)cc3C#N)c12. The predicted molar refractivity (Wildman–Crippen MR) is 202 cm³/mol. The molecular weight excluding hydrogens is 611 g/mol. The standard InChI is InChI=1S/C45H25N5/c1-48-39-16-9-15-37-35-13-3-7-19-43(35)50(45(37)39)40-23-21-31(26-33(40)28-47)30-10-8-11-32(25-30)34-12-2-5-17-41(34)49-42-18-6-4-14-36(42)38-24-29(27-46)20-22-44(38)49/h2-26H. The van der Waals surface area contributed by atoms with Crippen molar-refractivity contribution in [3.05, 3.63) is 174 Å². The number of nitriles is 2. The Kier molecular flexibility index (Phi) is 6.56. The third-order valence-corrected chi connectivity index (χ3v) is 9.61. The quantitative estimate of drug-likeness (QED) is 0.181. The molecule has 0 aliphatic carbocycles. The number of fused-ring (bicyclic) bond motifs is 6. The summed E-state index contributed by atoms with van der Waals surface area (Å²) in [6.45, 7) is 7.88. The maximum Gasteiger partial charge on any atom is 0.211 e. The number of hydrogen-bond donors (Lipinski definition) is 0. The molecule has 0 fully saturated rings. The lowest BCUT2D eigenvalue weighted by Crippen LogP contribution is -1.98. The molecule has 5 nitrogen and oxygen atoms in total. The summed E-state index contributed by atoms with van der Waals surface area (Å²) in [6, 6.07) is 55.6. The number of nitrogens with zero attached hydrogens (tertiary/aromatic N) is 5. The zero-order valence-electron chi connectivity index (χ0n) is 26.7. The van der Waals surface area contributed by atoms with Crippen molar-refractivity contribution in [2.24, 2.45) is 0 Å². The van der Waals surface area contributed by atoms with Crippen LogP contribution in [0.4, 0.5) is 5.69 Å². The second-order valence-corrected chi connectivity index (χ2v) is 12.3. The smallest absolute Gasteiger partial charge is 0.211 e. The van der Waals surface area contributed by atoms with Crippen LogP contribution in [0.5, 0.6) is 0 Å². The molecule has 0 bridgehead atoms. The fourth-order valence-corrected chi connectivity index (χ4v) is 7.42. The normalized spacial score (nSPS) is 11.1. The summed E-state index contributed by atoms with van der Waals surface area (Å²) >= 11 is 0. The van der Waals surface area contributed by atoms with Crippen LogP contribution in [0.2, 0.25) is 0 Å². The topological polar surface area (TPSA) is 61.8 Å². The average Bonchev–Trinajstić information content (AvgIpc) is 3.70. The van der Waals surface area contributed by atoms with Crippen LogP contribution in [0.1, 0.15) is 11.1 Å².